The summed E-state index contributed by atoms with van der Waals surface area (Å²) in [6, 6.07) is 48.9. The molecule has 9 aromatic carbocycles. The number of halogens is 9. The highest BCUT2D eigenvalue weighted by atomic mass is 36.0. The van der Waals surface area contributed by atoms with Crippen LogP contribution in [0.5, 0.6) is 51.7 Å². The number of nitrogen functional groups attached to an aromatic ring is 2. The third-order valence-electron chi connectivity index (χ3n) is 15.8. The molecule has 42 heteroatoms. The molecule has 7 aromatic heterocycles. The smallest absolute Gasteiger partial charge is 0.371 e. The molecule has 1 aliphatic heterocycles. The quantitative estimate of drug-likeness (QED) is 0.0356. The van der Waals surface area contributed by atoms with Crippen molar-refractivity contribution in [2.24, 2.45) is 4.99 Å². The summed E-state index contributed by atoms with van der Waals surface area (Å²) in [6.07, 6.45) is 12.3. The van der Waals surface area contributed by atoms with Gasteiger partial charge in [0.2, 0.25) is 6.29 Å². The van der Waals surface area contributed by atoms with Crippen molar-refractivity contribution < 1.29 is 66.3 Å². The number of carbonyl (C=O) groups excluding carboxylic acids is 3. The number of hydrogen-bond acceptors (Lipinski definition) is 31. The lowest BCUT2D eigenvalue weighted by Crippen LogP contribution is -2.08. The van der Waals surface area contributed by atoms with Crippen molar-refractivity contribution in [3.8, 4) is 51.7 Å². The molecule has 1 aliphatic rings. The number of methoxy groups -OCH3 is 9. The molecule has 0 saturated heterocycles. The van der Waals surface area contributed by atoms with E-state index in [9.17, 15) is 23.7 Å². The van der Waals surface area contributed by atoms with Gasteiger partial charge in [0.1, 0.15) is 82.7 Å². The van der Waals surface area contributed by atoms with Crippen molar-refractivity contribution in [1.82, 2.24) is 69.8 Å². The number of aldehydes is 1. The number of Topliss-reactive ketones (excluding diaryl/α,β-unsaturated/α-hetero) is 1. The lowest BCUT2D eigenvalue weighted by atomic mass is 10.0. The van der Waals surface area contributed by atoms with E-state index >= 15 is 0 Å². The second-order valence-electron chi connectivity index (χ2n) is 24.1. The van der Waals surface area contributed by atoms with Gasteiger partial charge in [0.15, 0.2) is 5.78 Å². The molecule has 0 radical (unpaired) electrons. The Labute approximate surface area is 763 Å². The lowest BCUT2D eigenvalue weighted by molar-refractivity contribution is -0.148. The Morgan fingerprint density at radius 1 is 0.373 bits per heavy atom. The zero-order valence-electron chi connectivity index (χ0n) is 68.1. The summed E-state index contributed by atoms with van der Waals surface area (Å²) in [7, 11) is 14.5. The number of aromatic amines is 1. The van der Waals surface area contributed by atoms with Crippen LogP contribution in [0.4, 0.5) is 17.1 Å². The number of rotatable bonds is 11. The predicted octanol–water partition coefficient (Wildman–Crippen LogP) is 19.6. The fourth-order valence-electron chi connectivity index (χ4n) is 9.90. The van der Waals surface area contributed by atoms with Crippen LogP contribution in [0.25, 0.3) is 77.2 Å². The van der Waals surface area contributed by atoms with Crippen LogP contribution in [0.3, 0.4) is 0 Å². The normalized spacial score (nSPS) is 10.5. The van der Waals surface area contributed by atoms with Gasteiger partial charge in [0, 0.05) is 55.0 Å². The molecular weight excluding hydrogens is 1840 g/mol. The van der Waals surface area contributed by atoms with Crippen molar-refractivity contribution in [3.05, 3.63) is 254 Å². The molecule has 654 valence electrons. The monoisotopic (exact) mass is 1910 g/mol. The number of nitrogens with one attached hydrogen (secondary N) is 1. The van der Waals surface area contributed by atoms with Crippen LogP contribution in [0, 0.1) is 0 Å². The summed E-state index contributed by atoms with van der Waals surface area (Å²) in [6.45, 7) is 1.90. The number of H-pyrrole nitrogens is 1. The summed E-state index contributed by atoms with van der Waals surface area (Å²) < 4.78 is 59.0. The van der Waals surface area contributed by atoms with E-state index in [1.807, 2.05) is 109 Å². The van der Waals surface area contributed by atoms with Crippen LogP contribution < -0.4 is 59.7 Å². The minimum absolute atomic E-state index is 0.0424. The van der Waals surface area contributed by atoms with Gasteiger partial charge in [-0.2, -0.15) is 0 Å². The summed E-state index contributed by atoms with van der Waals surface area (Å²) >= 11 is 48.0. The highest BCUT2D eigenvalue weighted by Crippen LogP contribution is 2.61. The van der Waals surface area contributed by atoms with Gasteiger partial charge in [-0.05, 0) is 161 Å². The minimum atomic E-state index is -3.22. The van der Waals surface area contributed by atoms with Gasteiger partial charge in [-0.3, -0.25) is 53.8 Å². The number of nitrogens with two attached hydrogens (primary N) is 2. The van der Waals surface area contributed by atoms with Gasteiger partial charge in [-0.1, -0.05) is 69.6 Å². The van der Waals surface area contributed by atoms with E-state index in [1.54, 1.807) is 126 Å². The van der Waals surface area contributed by atoms with Crippen molar-refractivity contribution >= 4 is 227 Å². The first-order valence-electron chi connectivity index (χ1n) is 35.9. The Morgan fingerprint density at radius 3 is 0.976 bits per heavy atom. The molecule has 0 bridgehead atoms. The van der Waals surface area contributed by atoms with Crippen molar-refractivity contribution in [2.45, 2.75) is 13.3 Å². The zero-order chi connectivity index (χ0) is 91.8. The average molecular weight is 1910 g/mol. The number of nitrogens with zero attached hydrogens (tertiary/aromatic N) is 14. The fraction of sp³-hybridized carbons (Fsp3) is 0.143. The maximum Gasteiger partial charge on any atom is 0.371 e. The predicted molar refractivity (Wildman–Crippen MR) is 495 cm³/mol. The number of ether oxygens (including phenoxy) is 10. The average Bonchev–Trinajstić information content (AvgIpc) is 0.869. The molecule has 0 aliphatic carbocycles. The maximum atomic E-state index is 11.0. The summed E-state index contributed by atoms with van der Waals surface area (Å²) in [4.78, 5) is 101. The van der Waals surface area contributed by atoms with Gasteiger partial charge < -0.3 is 63.8 Å². The van der Waals surface area contributed by atoms with E-state index in [1.165, 1.54) is 49.6 Å². The van der Waals surface area contributed by atoms with Gasteiger partial charge in [-0.25, -0.2) is 39.7 Å². The Hall–Kier alpha value is -12.7. The summed E-state index contributed by atoms with van der Waals surface area (Å²) in [5.74, 6) is 6.03. The second kappa shape index (κ2) is 51.5. The van der Waals surface area contributed by atoms with E-state index in [4.69, 9.17) is 124 Å². The molecule has 5 N–H and O–H groups in total. The molecule has 32 nitrogen and oxygen atoms in total. The number of ketones is 1. The fourth-order valence-corrected chi connectivity index (χ4v) is 10.7. The van der Waals surface area contributed by atoms with Crippen LogP contribution in [0.1, 0.15) is 12.5 Å². The summed E-state index contributed by atoms with van der Waals surface area (Å²) in [5, 5.41) is -0.852. The first kappa shape index (κ1) is 100. The Balaban J connectivity index is 0.000000192. The molecule has 16 aromatic rings. The molecule has 126 heavy (non-hydrogen) atoms. The molecule has 0 spiro atoms. The number of esters is 1. The van der Waals surface area contributed by atoms with Crippen molar-refractivity contribution in [2.75, 3.05) is 82.1 Å². The summed E-state index contributed by atoms with van der Waals surface area (Å²) in [5.41, 5.74) is 24.4. The Bertz CT molecular complexity index is 6110. The largest absolute Gasteiger partial charge is 0.497 e. The van der Waals surface area contributed by atoms with Gasteiger partial charge in [0.05, 0.1) is 214 Å². The maximum absolute atomic E-state index is 11.0. The number of fused-ring (bicyclic) bond motifs is 8. The topological polar surface area (TPSA) is 425 Å². The molecule has 0 unspecified atom stereocenters. The van der Waals surface area contributed by atoms with Crippen LogP contribution >= 0.6 is 109 Å². The number of aromatic nitrogens is 14. The molecule has 0 saturated carbocycles. The minimum Gasteiger partial charge on any atom is -0.497 e. The Kier molecular flexibility index (Phi) is 41.0. The molecule has 0 fully saturated rings. The zero-order valence-corrected chi connectivity index (χ0v) is 75.8. The van der Waals surface area contributed by atoms with Crippen LogP contribution in [0.2, 0.25) is 30.9 Å². The number of benzene rings is 9. The molecule has 0 amide bonds. The highest BCUT2D eigenvalue weighted by molar-refractivity contribution is 8.24. The van der Waals surface area contributed by atoms with Crippen LogP contribution in [-0.2, 0) is 30.1 Å². The third-order valence-corrected chi connectivity index (χ3v) is 16.9. The lowest BCUT2D eigenvalue weighted by Gasteiger charge is -2.09. The van der Waals surface area contributed by atoms with E-state index in [0.29, 0.717) is 54.2 Å². The van der Waals surface area contributed by atoms with Crippen LogP contribution in [-0.4, -0.2) is 165 Å². The van der Waals surface area contributed by atoms with Gasteiger partial charge in [0.25, 0.3) is 5.56 Å². The highest BCUT2D eigenvalue weighted by Gasteiger charge is 2.13. The second-order valence-corrected chi connectivity index (χ2v) is 33.0. The van der Waals surface area contributed by atoms with Gasteiger partial charge >= 0.3 is 11.2 Å². The van der Waals surface area contributed by atoms with E-state index < -0.39 is 11.2 Å². The molecule has 0 atom stereocenters. The first-order chi connectivity index (χ1) is 60.4. The van der Waals surface area contributed by atoms with Crippen molar-refractivity contribution in [3.63, 3.8) is 0 Å². The molecular formula is C84H75Cl9N17O15P. The molecule has 8 heterocycles. The SMILES string of the molecule is CCOC(=O)C=O.COc1ccc(N)c(N)c1.COc1ccc2[nH]c(=O)cnc2c1.COc1ccc2c(c1)CC(=O)C=N2.COc1ccc2nc(Cl)cnc2c1.COc1ccc2nc(Cl)cnc2c1.COc1ccc2nc(Cl)cnc2c1.COc1ccc2ncc(Cl)nc2c1.COc1ccc2ncc(Cl)nc2c1.COc1ccc2ncc(Cl)nc2c1.O=P(Cl)(Cl)Cl. The number of carbonyl (C=O) groups is 3. The van der Waals surface area contributed by atoms with Crippen LogP contribution in [0.15, 0.2) is 217 Å². The van der Waals surface area contributed by atoms with E-state index in [0.717, 1.165) is 135 Å². The van der Waals surface area contributed by atoms with Crippen molar-refractivity contribution in [1.29, 1.82) is 0 Å². The van der Waals surface area contributed by atoms with E-state index in [-0.39, 0.29) is 24.2 Å². The first-order valence-corrected chi connectivity index (χ1v) is 42.6. The number of hydrogen-bond donors (Lipinski definition) is 3. The standard InChI is InChI=1S/C10H9NO2.6C9H7ClN2O.C9H8N2O2.C7H10N2O.C4H6O3.Cl3OP/c1-13-9-2-3-10-7(5-9)4-8(12)6-11-10;3*1-13-6-2-3-7-8(4-6)11-5-9(10)12-7;3*1-13-6-2-3-7-8(4-6)12-9(10)5-11-7;1-13-6-2-3-7-8(4-6)10-5-9(12)11-7;1-10-5-2-3-6(8)7(9)4-5;1-2-7-4(6)3-5;1-5(2,3)4/h2-3,5-6H,4H2,1H3;6*2-5H,1H3;2-5H,1H3,(H,11,12);2-4H,8-9H2,1H3;3H,2H2,1H3;. The molecule has 17 rings (SSSR count). The van der Waals surface area contributed by atoms with Gasteiger partial charge in [-0.15, -0.1) is 0 Å². The number of anilines is 2. The third kappa shape index (κ3) is 34.1. The number of aliphatic imine (C=N–C) groups is 1. The Morgan fingerprint density at radius 2 is 0.651 bits per heavy atom. The van der Waals surface area contributed by atoms with E-state index in [2.05, 4.69) is 113 Å².